The first-order chi connectivity index (χ1) is 11.3. The summed E-state index contributed by atoms with van der Waals surface area (Å²) in [6.45, 7) is 5.23. The van der Waals surface area contributed by atoms with E-state index in [2.05, 4.69) is 19.9 Å². The molecule has 2 aliphatic heterocycles. The van der Waals surface area contributed by atoms with Crippen LogP contribution in [0, 0.1) is 5.82 Å². The Bertz CT molecular complexity index is 674. The number of fused-ring (bicyclic) bond motifs is 1. The van der Waals surface area contributed by atoms with Crippen molar-refractivity contribution in [2.45, 2.75) is 31.8 Å². The number of nitrogens with zero attached hydrogens (tertiary/aromatic N) is 4. The third kappa shape index (κ3) is 3.43. The van der Waals surface area contributed by atoms with E-state index in [0.717, 1.165) is 25.2 Å². The average molecular weight is 316 g/mol. The lowest BCUT2D eigenvalue weighted by Gasteiger charge is -2.36. The summed E-state index contributed by atoms with van der Waals surface area (Å²) in [6.07, 6.45) is 3.11. The zero-order valence-corrected chi connectivity index (χ0v) is 13.1. The summed E-state index contributed by atoms with van der Waals surface area (Å²) in [5, 5.41) is 4.03. The maximum absolute atomic E-state index is 13.2. The lowest BCUT2D eigenvalue weighted by atomic mass is 10.1. The predicted molar refractivity (Wildman–Crippen MR) is 83.4 cm³/mol. The number of hydrogen-bond acceptors (Lipinski definition) is 5. The van der Waals surface area contributed by atoms with Crippen LogP contribution in [0.2, 0.25) is 0 Å². The van der Waals surface area contributed by atoms with Gasteiger partial charge in [0.15, 0.2) is 5.82 Å². The molecule has 1 aromatic heterocycles. The Labute approximate surface area is 135 Å². The molecule has 1 unspecified atom stereocenters. The molecule has 2 aliphatic rings. The van der Waals surface area contributed by atoms with E-state index in [-0.39, 0.29) is 5.82 Å². The van der Waals surface area contributed by atoms with Crippen LogP contribution in [0.25, 0.3) is 0 Å². The highest BCUT2D eigenvalue weighted by Gasteiger charge is 2.31. The van der Waals surface area contributed by atoms with Crippen molar-refractivity contribution in [2.75, 3.05) is 26.2 Å². The second-order valence-corrected chi connectivity index (χ2v) is 6.48. The number of piperazine rings is 1. The van der Waals surface area contributed by atoms with Crippen LogP contribution >= 0.6 is 0 Å². The first kappa shape index (κ1) is 14.8. The van der Waals surface area contributed by atoms with Gasteiger partial charge in [-0.25, -0.2) is 4.39 Å². The van der Waals surface area contributed by atoms with Gasteiger partial charge in [0.05, 0.1) is 6.54 Å². The second-order valence-electron chi connectivity index (χ2n) is 6.48. The summed E-state index contributed by atoms with van der Waals surface area (Å²) >= 11 is 0. The Morgan fingerprint density at radius 2 is 2.22 bits per heavy atom. The molecule has 0 radical (unpaired) electrons. The minimum Gasteiger partial charge on any atom is -0.338 e. The van der Waals surface area contributed by atoms with Crippen LogP contribution in [0.3, 0.4) is 0 Å². The lowest BCUT2D eigenvalue weighted by Crippen LogP contribution is -2.49. The van der Waals surface area contributed by atoms with Crippen molar-refractivity contribution >= 4 is 0 Å². The molecular weight excluding hydrogens is 295 g/mol. The van der Waals surface area contributed by atoms with Crippen molar-refractivity contribution in [1.29, 1.82) is 0 Å². The Kier molecular flexibility index (Phi) is 4.10. The first-order valence-electron chi connectivity index (χ1n) is 8.28. The van der Waals surface area contributed by atoms with Gasteiger partial charge in [-0.3, -0.25) is 9.80 Å². The smallest absolute Gasteiger partial charge is 0.240 e. The molecular formula is C17H21FN4O. The third-order valence-corrected chi connectivity index (χ3v) is 4.79. The monoisotopic (exact) mass is 316 g/mol. The molecule has 1 atom stereocenters. The summed E-state index contributed by atoms with van der Waals surface area (Å²) in [6, 6.07) is 7.22. The Hall–Kier alpha value is -1.79. The molecule has 0 bridgehead atoms. The van der Waals surface area contributed by atoms with Crippen LogP contribution in [0.15, 0.2) is 28.8 Å². The molecule has 3 heterocycles. The molecule has 0 N–H and O–H groups in total. The summed E-state index contributed by atoms with van der Waals surface area (Å²) < 4.78 is 18.6. The first-order valence-corrected chi connectivity index (χ1v) is 8.28. The van der Waals surface area contributed by atoms with Gasteiger partial charge in [0.1, 0.15) is 5.82 Å². The Morgan fingerprint density at radius 3 is 3.13 bits per heavy atom. The minimum absolute atomic E-state index is 0.236. The largest absolute Gasteiger partial charge is 0.338 e. The van der Waals surface area contributed by atoms with Crippen molar-refractivity contribution in [3.63, 3.8) is 0 Å². The maximum Gasteiger partial charge on any atom is 0.240 e. The number of benzene rings is 1. The molecule has 23 heavy (non-hydrogen) atoms. The fourth-order valence-corrected chi connectivity index (χ4v) is 3.65. The normalized spacial score (nSPS) is 22.4. The van der Waals surface area contributed by atoms with Crippen molar-refractivity contribution in [3.8, 4) is 0 Å². The van der Waals surface area contributed by atoms with Crippen LogP contribution in [-0.2, 0) is 13.0 Å². The number of aromatic nitrogens is 2. The van der Waals surface area contributed by atoms with Crippen LogP contribution in [0.4, 0.5) is 4.39 Å². The quantitative estimate of drug-likeness (QED) is 0.864. The molecule has 0 amide bonds. The standard InChI is InChI=1S/C17H21FN4O/c18-14-4-1-3-13(9-14)10-16-19-17(23-20-16)12-21-7-8-22-6-2-5-15(22)11-21/h1,3-4,9,15H,2,5-8,10-12H2. The lowest BCUT2D eigenvalue weighted by molar-refractivity contribution is 0.0908. The van der Waals surface area contributed by atoms with E-state index >= 15 is 0 Å². The van der Waals surface area contributed by atoms with Crippen LogP contribution in [0.1, 0.15) is 30.1 Å². The van der Waals surface area contributed by atoms with Gasteiger partial charge in [-0.05, 0) is 37.1 Å². The molecule has 2 aromatic rings. The number of halogens is 1. The van der Waals surface area contributed by atoms with E-state index in [1.165, 1.54) is 31.5 Å². The molecule has 5 nitrogen and oxygen atoms in total. The van der Waals surface area contributed by atoms with Crippen LogP contribution in [-0.4, -0.2) is 52.2 Å². The van der Waals surface area contributed by atoms with Gasteiger partial charge in [0, 0.05) is 32.1 Å². The van der Waals surface area contributed by atoms with E-state index < -0.39 is 0 Å². The van der Waals surface area contributed by atoms with Crippen molar-refractivity contribution in [3.05, 3.63) is 47.4 Å². The van der Waals surface area contributed by atoms with E-state index in [1.54, 1.807) is 6.07 Å². The van der Waals surface area contributed by atoms with Gasteiger partial charge in [0.25, 0.3) is 0 Å². The molecule has 0 spiro atoms. The summed E-state index contributed by atoms with van der Waals surface area (Å²) in [5.41, 5.74) is 0.858. The summed E-state index contributed by atoms with van der Waals surface area (Å²) in [4.78, 5) is 9.44. The van der Waals surface area contributed by atoms with Crippen molar-refractivity contribution < 1.29 is 8.91 Å². The van der Waals surface area contributed by atoms with Crippen molar-refractivity contribution in [1.82, 2.24) is 19.9 Å². The molecule has 2 saturated heterocycles. The molecule has 4 rings (SSSR count). The zero-order chi connectivity index (χ0) is 15.6. The van der Waals surface area contributed by atoms with Crippen molar-refractivity contribution in [2.24, 2.45) is 0 Å². The third-order valence-electron chi connectivity index (χ3n) is 4.79. The highest BCUT2D eigenvalue weighted by atomic mass is 19.1. The SMILES string of the molecule is Fc1cccc(Cc2noc(CN3CCN4CCCC4C3)n2)c1. The zero-order valence-electron chi connectivity index (χ0n) is 13.1. The Morgan fingerprint density at radius 1 is 1.26 bits per heavy atom. The fraction of sp³-hybridized carbons (Fsp3) is 0.529. The van der Waals surface area contributed by atoms with Gasteiger partial charge in [-0.1, -0.05) is 17.3 Å². The van der Waals surface area contributed by atoms with Crippen LogP contribution < -0.4 is 0 Å². The molecule has 0 saturated carbocycles. The Balaban J connectivity index is 1.36. The highest BCUT2D eigenvalue weighted by molar-refractivity contribution is 5.19. The summed E-state index contributed by atoms with van der Waals surface area (Å²) in [7, 11) is 0. The topological polar surface area (TPSA) is 45.4 Å². The van der Waals surface area contributed by atoms with Gasteiger partial charge in [-0.2, -0.15) is 4.98 Å². The highest BCUT2D eigenvalue weighted by Crippen LogP contribution is 2.22. The van der Waals surface area contributed by atoms with E-state index in [0.29, 0.717) is 30.7 Å². The maximum atomic E-state index is 13.2. The van der Waals surface area contributed by atoms with Crippen LogP contribution in [0.5, 0.6) is 0 Å². The molecule has 6 heteroatoms. The summed E-state index contributed by atoms with van der Waals surface area (Å²) in [5.74, 6) is 1.04. The second kappa shape index (κ2) is 6.37. The van der Waals surface area contributed by atoms with Gasteiger partial charge in [0.2, 0.25) is 5.89 Å². The van der Waals surface area contributed by atoms with Gasteiger partial charge >= 0.3 is 0 Å². The minimum atomic E-state index is -0.236. The molecule has 122 valence electrons. The average Bonchev–Trinajstić information content (AvgIpc) is 3.16. The fourth-order valence-electron chi connectivity index (χ4n) is 3.65. The number of hydrogen-bond donors (Lipinski definition) is 0. The molecule has 0 aliphatic carbocycles. The van der Waals surface area contributed by atoms with Gasteiger partial charge < -0.3 is 4.52 Å². The predicted octanol–water partition coefficient (Wildman–Crippen LogP) is 2.08. The van der Waals surface area contributed by atoms with E-state index in [4.69, 9.17) is 4.52 Å². The van der Waals surface area contributed by atoms with E-state index in [9.17, 15) is 4.39 Å². The van der Waals surface area contributed by atoms with E-state index in [1.807, 2.05) is 6.07 Å². The molecule has 2 fully saturated rings. The number of rotatable bonds is 4. The van der Waals surface area contributed by atoms with Gasteiger partial charge in [-0.15, -0.1) is 0 Å². The molecule has 1 aromatic carbocycles.